The molecule has 0 N–H and O–H groups in total. The highest BCUT2D eigenvalue weighted by Crippen LogP contribution is 2.43. The summed E-state index contributed by atoms with van der Waals surface area (Å²) >= 11 is 0. The van der Waals surface area contributed by atoms with E-state index in [9.17, 15) is 22.4 Å². The minimum Gasteiger partial charge on any atom is -0.474 e. The minimum absolute atomic E-state index is 0.0510. The van der Waals surface area contributed by atoms with Crippen LogP contribution in [0, 0.1) is 5.82 Å². The quantitative estimate of drug-likeness (QED) is 0.332. The highest BCUT2D eigenvalue weighted by molar-refractivity contribution is 7.86. The number of amides is 1. The second-order valence-corrected chi connectivity index (χ2v) is 11.1. The van der Waals surface area contributed by atoms with Gasteiger partial charge in [-0.1, -0.05) is 0 Å². The van der Waals surface area contributed by atoms with Gasteiger partial charge in [-0.05, 0) is 38.7 Å². The number of methoxy groups -OCH3 is 1. The van der Waals surface area contributed by atoms with Gasteiger partial charge in [0.25, 0.3) is 10.2 Å². The number of aromatic nitrogens is 1. The van der Waals surface area contributed by atoms with Crippen molar-refractivity contribution < 1.29 is 41.3 Å². The van der Waals surface area contributed by atoms with E-state index in [1.807, 2.05) is 0 Å². The van der Waals surface area contributed by atoms with Crippen molar-refractivity contribution in [1.82, 2.24) is 18.5 Å². The molecule has 0 spiro atoms. The largest absolute Gasteiger partial charge is 0.474 e. The Hall–Kier alpha value is -2.55. The van der Waals surface area contributed by atoms with Gasteiger partial charge in [0.05, 0.1) is 26.0 Å². The van der Waals surface area contributed by atoms with E-state index in [-0.39, 0.29) is 64.4 Å². The molecule has 37 heavy (non-hydrogen) atoms. The third-order valence-corrected chi connectivity index (χ3v) is 9.08. The Balaban J connectivity index is 1.48. The summed E-state index contributed by atoms with van der Waals surface area (Å²) in [5, 5.41) is 0. The van der Waals surface area contributed by atoms with Crippen molar-refractivity contribution in [2.24, 2.45) is 0 Å². The van der Waals surface area contributed by atoms with Gasteiger partial charge in [0.1, 0.15) is 18.5 Å². The van der Waals surface area contributed by atoms with Crippen LogP contribution >= 0.6 is 0 Å². The smallest absolute Gasteiger partial charge is 0.409 e. The Labute approximate surface area is 215 Å². The number of esters is 1. The van der Waals surface area contributed by atoms with E-state index >= 15 is 0 Å². The molecule has 206 valence electrons. The molecule has 2 atom stereocenters. The van der Waals surface area contributed by atoms with Crippen molar-refractivity contribution in [3.8, 4) is 5.88 Å². The average Bonchev–Trinajstić information content (AvgIpc) is 3.14. The summed E-state index contributed by atoms with van der Waals surface area (Å²) in [5.74, 6) is -0.867. The molecule has 12 nitrogen and oxygen atoms in total. The molecule has 3 aliphatic heterocycles. The molecular weight excluding hydrogens is 511 g/mol. The Morgan fingerprint density at radius 3 is 2.57 bits per heavy atom. The number of fused-ring (bicyclic) bond motifs is 2. The number of piperazine rings is 1. The van der Waals surface area contributed by atoms with Crippen LogP contribution < -0.4 is 4.74 Å². The predicted octanol–water partition coefficient (Wildman–Crippen LogP) is 1.17. The lowest BCUT2D eigenvalue weighted by molar-refractivity contribution is -0.156. The van der Waals surface area contributed by atoms with Crippen LogP contribution in [0.4, 0.5) is 9.18 Å². The molecular formula is C23H33FN4O8S. The molecule has 14 heteroatoms. The Kier molecular flexibility index (Phi) is 8.51. The molecule has 3 aliphatic rings. The molecule has 0 aromatic carbocycles. The van der Waals surface area contributed by atoms with Crippen molar-refractivity contribution in [2.45, 2.75) is 50.3 Å². The highest BCUT2D eigenvalue weighted by Gasteiger charge is 2.63. The van der Waals surface area contributed by atoms with Crippen LogP contribution in [0.25, 0.3) is 0 Å². The molecule has 2 bridgehead atoms. The maximum Gasteiger partial charge on any atom is 0.409 e. The lowest BCUT2D eigenvalue weighted by atomic mass is 9.97. The molecule has 1 aromatic heterocycles. The lowest BCUT2D eigenvalue weighted by Gasteiger charge is -2.47. The molecule has 0 aliphatic carbocycles. The summed E-state index contributed by atoms with van der Waals surface area (Å²) in [5.41, 5.74) is -1.52. The summed E-state index contributed by atoms with van der Waals surface area (Å²) < 4.78 is 64.8. The van der Waals surface area contributed by atoms with Gasteiger partial charge in [-0.3, -0.25) is 0 Å². The molecule has 1 amide bonds. The third-order valence-electron chi connectivity index (χ3n) is 6.92. The number of carbonyl (C=O) groups excluding carboxylic acids is 2. The molecule has 4 rings (SSSR count). The van der Waals surface area contributed by atoms with Crippen LogP contribution in [-0.4, -0.2) is 110 Å². The number of rotatable bonds is 9. The van der Waals surface area contributed by atoms with Gasteiger partial charge in [-0.2, -0.15) is 17.0 Å². The van der Waals surface area contributed by atoms with Crippen molar-refractivity contribution in [1.29, 1.82) is 0 Å². The molecule has 4 heterocycles. The Bertz CT molecular complexity index is 1070. The number of likely N-dealkylation sites (tertiary alicyclic amines) is 1. The first-order chi connectivity index (χ1) is 17.7. The first kappa shape index (κ1) is 27.5. The van der Waals surface area contributed by atoms with Crippen molar-refractivity contribution in [3.63, 3.8) is 0 Å². The van der Waals surface area contributed by atoms with Crippen LogP contribution in [0.5, 0.6) is 5.88 Å². The monoisotopic (exact) mass is 544 g/mol. The fourth-order valence-corrected chi connectivity index (χ4v) is 7.35. The van der Waals surface area contributed by atoms with Crippen LogP contribution in [0.1, 0.15) is 32.6 Å². The number of hydrogen-bond donors (Lipinski definition) is 0. The summed E-state index contributed by atoms with van der Waals surface area (Å²) in [7, 11) is -2.58. The standard InChI is InChI=1S/C23H33FN4O8S/c1-3-34-21(29)23-9-6-18(15-26(16-23)22(30)35-13-12-33-2)28(23)37(31,32)27-10-7-19(8-11-27)36-20-5-4-17(24)14-25-20/h4-5,14,18-19H,3,6-13,15-16H2,1-2H3. The summed E-state index contributed by atoms with van der Waals surface area (Å²) in [6.45, 7) is 2.33. The molecule has 2 unspecified atom stereocenters. The molecule has 0 saturated carbocycles. The second-order valence-electron chi connectivity index (χ2n) is 9.27. The predicted molar refractivity (Wildman–Crippen MR) is 127 cm³/mol. The van der Waals surface area contributed by atoms with Crippen LogP contribution in [-0.2, 0) is 29.2 Å². The molecule has 3 saturated heterocycles. The van der Waals surface area contributed by atoms with Gasteiger partial charge >= 0.3 is 12.1 Å². The van der Waals surface area contributed by atoms with E-state index in [0.29, 0.717) is 19.3 Å². The number of hydrogen-bond acceptors (Lipinski definition) is 9. The van der Waals surface area contributed by atoms with Gasteiger partial charge in [0, 0.05) is 38.9 Å². The van der Waals surface area contributed by atoms with Crippen LogP contribution in [0.2, 0.25) is 0 Å². The van der Waals surface area contributed by atoms with Gasteiger partial charge in [0.15, 0.2) is 5.54 Å². The SMILES string of the molecule is CCOC(=O)C12CCC(CN(C(=O)OCCOC)C1)N2S(=O)(=O)N1CCC(Oc2ccc(F)cn2)CC1. The van der Waals surface area contributed by atoms with Gasteiger partial charge in [-0.25, -0.2) is 19.0 Å². The van der Waals surface area contributed by atoms with Crippen molar-refractivity contribution >= 4 is 22.3 Å². The third kappa shape index (κ3) is 5.66. The first-order valence-corrected chi connectivity index (χ1v) is 13.8. The molecule has 3 fully saturated rings. The number of halogens is 1. The maximum absolute atomic E-state index is 13.9. The van der Waals surface area contributed by atoms with E-state index in [1.54, 1.807) is 6.92 Å². The fourth-order valence-electron chi connectivity index (χ4n) is 5.21. The summed E-state index contributed by atoms with van der Waals surface area (Å²) in [6.07, 6.45) is 1.62. The van der Waals surface area contributed by atoms with E-state index in [1.165, 1.54) is 32.8 Å². The Morgan fingerprint density at radius 1 is 1.16 bits per heavy atom. The molecule has 1 aromatic rings. The van der Waals surface area contributed by atoms with Gasteiger partial charge in [-0.15, -0.1) is 0 Å². The summed E-state index contributed by atoms with van der Waals surface area (Å²) in [4.78, 5) is 31.2. The van der Waals surface area contributed by atoms with Crippen molar-refractivity contribution in [3.05, 3.63) is 24.1 Å². The average molecular weight is 545 g/mol. The molecule has 0 radical (unpaired) electrons. The normalized spacial score (nSPS) is 25.2. The maximum atomic E-state index is 13.9. The number of nitrogens with zero attached hydrogens (tertiary/aromatic N) is 4. The highest BCUT2D eigenvalue weighted by atomic mass is 32.2. The zero-order valence-electron chi connectivity index (χ0n) is 21.0. The minimum atomic E-state index is -4.07. The first-order valence-electron chi connectivity index (χ1n) is 12.4. The van der Waals surface area contributed by atoms with Crippen molar-refractivity contribution in [2.75, 3.05) is 53.1 Å². The fraction of sp³-hybridized carbons (Fsp3) is 0.696. The number of carbonyl (C=O) groups is 2. The summed E-state index contributed by atoms with van der Waals surface area (Å²) in [6, 6.07) is 2.09. The number of pyridine rings is 1. The van der Waals surface area contributed by atoms with Crippen LogP contribution in [0.15, 0.2) is 18.3 Å². The second kappa shape index (κ2) is 11.5. The van der Waals surface area contributed by atoms with Gasteiger partial charge in [0.2, 0.25) is 5.88 Å². The zero-order chi connectivity index (χ0) is 26.6. The van der Waals surface area contributed by atoms with Gasteiger partial charge < -0.3 is 23.8 Å². The van der Waals surface area contributed by atoms with E-state index in [2.05, 4.69) is 4.98 Å². The van der Waals surface area contributed by atoms with E-state index in [0.717, 1.165) is 6.20 Å². The topological polar surface area (TPSA) is 128 Å². The van der Waals surface area contributed by atoms with E-state index in [4.69, 9.17) is 18.9 Å². The van der Waals surface area contributed by atoms with Crippen LogP contribution in [0.3, 0.4) is 0 Å². The number of piperidine rings is 1. The lowest BCUT2D eigenvalue weighted by Crippen LogP contribution is -2.69. The number of ether oxygens (including phenoxy) is 4. The Morgan fingerprint density at radius 2 is 1.92 bits per heavy atom. The zero-order valence-corrected chi connectivity index (χ0v) is 21.8. The van der Waals surface area contributed by atoms with E-state index < -0.39 is 39.7 Å².